The standard InChI is InChI=1S/C19H17NO5/c1-21-17-10-2-3-20-12-4-9-5-13-14(23-7-22-13)6-11(9)16(15(10)12)18-19(17)25-8-24-18/h5-6,12,20H,2-4,7-8H2,1H3. The van der Waals surface area contributed by atoms with Gasteiger partial charge in [0.15, 0.2) is 23.0 Å². The lowest BCUT2D eigenvalue weighted by molar-refractivity contribution is 0.171. The van der Waals surface area contributed by atoms with E-state index in [4.69, 9.17) is 23.7 Å². The van der Waals surface area contributed by atoms with Gasteiger partial charge >= 0.3 is 0 Å². The molecule has 0 aromatic heterocycles. The number of rotatable bonds is 1. The topological polar surface area (TPSA) is 58.2 Å². The quantitative estimate of drug-likeness (QED) is 0.862. The Labute approximate surface area is 144 Å². The van der Waals surface area contributed by atoms with E-state index in [1.54, 1.807) is 7.11 Å². The summed E-state index contributed by atoms with van der Waals surface area (Å²) in [5, 5.41) is 3.64. The summed E-state index contributed by atoms with van der Waals surface area (Å²) >= 11 is 0. The third kappa shape index (κ3) is 1.67. The molecule has 6 heteroatoms. The van der Waals surface area contributed by atoms with Gasteiger partial charge in [-0.1, -0.05) is 0 Å². The van der Waals surface area contributed by atoms with E-state index in [2.05, 4.69) is 17.4 Å². The molecule has 25 heavy (non-hydrogen) atoms. The number of benzene rings is 2. The summed E-state index contributed by atoms with van der Waals surface area (Å²) in [5.74, 6) is 3.94. The second-order valence-corrected chi connectivity index (χ2v) is 6.69. The summed E-state index contributed by atoms with van der Waals surface area (Å²) in [4.78, 5) is 0. The van der Waals surface area contributed by atoms with Crippen molar-refractivity contribution in [2.24, 2.45) is 0 Å². The molecular formula is C19H17NO5. The molecule has 6 rings (SSSR count). The first kappa shape index (κ1) is 13.7. The van der Waals surface area contributed by atoms with Gasteiger partial charge in [-0.25, -0.2) is 0 Å². The lowest BCUT2D eigenvalue weighted by Crippen LogP contribution is -2.34. The molecule has 6 nitrogen and oxygen atoms in total. The molecule has 0 saturated carbocycles. The molecule has 1 N–H and O–H groups in total. The molecule has 0 radical (unpaired) electrons. The minimum absolute atomic E-state index is 0.222. The number of hydrogen-bond donors (Lipinski definition) is 1. The van der Waals surface area contributed by atoms with E-state index < -0.39 is 0 Å². The zero-order chi connectivity index (χ0) is 16.5. The fourth-order valence-electron chi connectivity index (χ4n) is 4.53. The predicted molar refractivity (Wildman–Crippen MR) is 88.8 cm³/mol. The van der Waals surface area contributed by atoms with Crippen molar-refractivity contribution in [2.75, 3.05) is 27.2 Å². The van der Waals surface area contributed by atoms with Gasteiger partial charge in [0.1, 0.15) is 0 Å². The van der Waals surface area contributed by atoms with Crippen molar-refractivity contribution in [3.8, 4) is 39.9 Å². The van der Waals surface area contributed by atoms with Crippen molar-refractivity contribution in [1.29, 1.82) is 0 Å². The zero-order valence-electron chi connectivity index (χ0n) is 13.8. The molecule has 3 heterocycles. The highest BCUT2D eigenvalue weighted by molar-refractivity contribution is 5.87. The van der Waals surface area contributed by atoms with E-state index in [9.17, 15) is 0 Å². The maximum Gasteiger partial charge on any atom is 0.231 e. The highest BCUT2D eigenvalue weighted by Gasteiger charge is 2.39. The summed E-state index contributed by atoms with van der Waals surface area (Å²) in [6.45, 7) is 1.42. The first-order chi connectivity index (χ1) is 12.3. The number of ether oxygens (including phenoxy) is 5. The van der Waals surface area contributed by atoms with E-state index in [1.807, 2.05) is 0 Å². The van der Waals surface area contributed by atoms with Crippen LogP contribution >= 0.6 is 0 Å². The van der Waals surface area contributed by atoms with Gasteiger partial charge in [-0.15, -0.1) is 0 Å². The zero-order valence-corrected chi connectivity index (χ0v) is 13.8. The summed E-state index contributed by atoms with van der Waals surface area (Å²) in [6, 6.07) is 4.42. The maximum atomic E-state index is 5.89. The highest BCUT2D eigenvalue weighted by Crippen LogP contribution is 2.58. The van der Waals surface area contributed by atoms with E-state index in [-0.39, 0.29) is 19.6 Å². The number of fused-ring (bicyclic) bond motifs is 5. The fourth-order valence-corrected chi connectivity index (χ4v) is 4.53. The third-order valence-corrected chi connectivity index (χ3v) is 5.52. The molecule has 0 bridgehead atoms. The van der Waals surface area contributed by atoms with Crippen LogP contribution in [0.4, 0.5) is 0 Å². The van der Waals surface area contributed by atoms with Gasteiger partial charge in [0.05, 0.1) is 7.11 Å². The van der Waals surface area contributed by atoms with E-state index in [0.29, 0.717) is 0 Å². The lowest BCUT2D eigenvalue weighted by Gasteiger charge is -2.35. The van der Waals surface area contributed by atoms with Gasteiger partial charge in [0, 0.05) is 17.2 Å². The largest absolute Gasteiger partial charge is 0.492 e. The van der Waals surface area contributed by atoms with Gasteiger partial charge in [-0.3, -0.25) is 0 Å². The Morgan fingerprint density at radius 1 is 1.04 bits per heavy atom. The average molecular weight is 339 g/mol. The highest BCUT2D eigenvalue weighted by atomic mass is 16.7. The molecule has 0 spiro atoms. The molecule has 0 fully saturated rings. The van der Waals surface area contributed by atoms with Crippen molar-refractivity contribution < 1.29 is 23.7 Å². The van der Waals surface area contributed by atoms with Crippen LogP contribution in [0.3, 0.4) is 0 Å². The summed E-state index contributed by atoms with van der Waals surface area (Å²) < 4.78 is 28.5. The van der Waals surface area contributed by atoms with Crippen molar-refractivity contribution in [3.63, 3.8) is 0 Å². The molecule has 1 aliphatic carbocycles. The van der Waals surface area contributed by atoms with Crippen molar-refractivity contribution in [2.45, 2.75) is 18.9 Å². The van der Waals surface area contributed by atoms with Crippen LogP contribution in [0, 0.1) is 0 Å². The first-order valence-electron chi connectivity index (χ1n) is 8.53. The second kappa shape index (κ2) is 4.73. The normalized spacial score (nSPS) is 20.9. The molecular weight excluding hydrogens is 322 g/mol. The third-order valence-electron chi connectivity index (χ3n) is 5.52. The Morgan fingerprint density at radius 2 is 1.84 bits per heavy atom. The van der Waals surface area contributed by atoms with Gasteiger partial charge in [0.25, 0.3) is 0 Å². The second-order valence-electron chi connectivity index (χ2n) is 6.69. The average Bonchev–Trinajstić information content (AvgIpc) is 3.28. The van der Waals surface area contributed by atoms with E-state index in [0.717, 1.165) is 59.3 Å². The van der Waals surface area contributed by atoms with Crippen molar-refractivity contribution in [3.05, 3.63) is 28.8 Å². The Kier molecular flexibility index (Phi) is 2.58. The molecule has 128 valence electrons. The Morgan fingerprint density at radius 3 is 2.72 bits per heavy atom. The summed E-state index contributed by atoms with van der Waals surface area (Å²) in [6.07, 6.45) is 1.83. The van der Waals surface area contributed by atoms with Crippen LogP contribution in [0.2, 0.25) is 0 Å². The Bertz CT molecular complexity index is 923. The number of nitrogens with one attached hydrogen (secondary N) is 1. The van der Waals surface area contributed by atoms with Crippen LogP contribution in [0.25, 0.3) is 11.1 Å². The van der Waals surface area contributed by atoms with E-state index >= 15 is 0 Å². The first-order valence-corrected chi connectivity index (χ1v) is 8.53. The molecule has 3 aliphatic heterocycles. The van der Waals surface area contributed by atoms with Crippen LogP contribution in [-0.4, -0.2) is 27.2 Å². The smallest absolute Gasteiger partial charge is 0.231 e. The SMILES string of the molecule is COc1c2c3c(c4c1OCO4)-c1cc4c(cc1CC3NCC2)OCO4. The van der Waals surface area contributed by atoms with Gasteiger partial charge in [-0.05, 0) is 48.2 Å². The maximum absolute atomic E-state index is 5.89. The van der Waals surface area contributed by atoms with Crippen LogP contribution in [0.15, 0.2) is 12.1 Å². The van der Waals surface area contributed by atoms with Crippen LogP contribution in [0.1, 0.15) is 22.7 Å². The van der Waals surface area contributed by atoms with Gasteiger partial charge < -0.3 is 29.0 Å². The predicted octanol–water partition coefficient (Wildman–Crippen LogP) is 2.56. The van der Waals surface area contributed by atoms with Crippen LogP contribution < -0.4 is 29.0 Å². The van der Waals surface area contributed by atoms with Crippen LogP contribution in [0.5, 0.6) is 28.7 Å². The summed E-state index contributed by atoms with van der Waals surface area (Å²) in [7, 11) is 1.70. The monoisotopic (exact) mass is 339 g/mol. The molecule has 0 amide bonds. The van der Waals surface area contributed by atoms with Crippen molar-refractivity contribution >= 4 is 0 Å². The van der Waals surface area contributed by atoms with Crippen molar-refractivity contribution in [1.82, 2.24) is 5.32 Å². The van der Waals surface area contributed by atoms with Gasteiger partial charge in [-0.2, -0.15) is 0 Å². The van der Waals surface area contributed by atoms with Crippen LogP contribution in [-0.2, 0) is 12.8 Å². The molecule has 0 saturated heterocycles. The molecule has 1 unspecified atom stereocenters. The Balaban J connectivity index is 1.71. The summed E-state index contributed by atoms with van der Waals surface area (Å²) in [5.41, 5.74) is 6.00. The molecule has 2 aromatic rings. The molecule has 1 atom stereocenters. The van der Waals surface area contributed by atoms with E-state index in [1.165, 1.54) is 16.7 Å². The minimum Gasteiger partial charge on any atom is -0.492 e. The lowest BCUT2D eigenvalue weighted by atomic mass is 9.76. The fraction of sp³-hybridized carbons (Fsp3) is 0.368. The Hall–Kier alpha value is -2.60. The number of hydrogen-bond acceptors (Lipinski definition) is 6. The minimum atomic E-state index is 0.222. The number of methoxy groups -OCH3 is 1. The molecule has 2 aromatic carbocycles. The molecule has 4 aliphatic rings. The van der Waals surface area contributed by atoms with Gasteiger partial charge in [0.2, 0.25) is 19.3 Å².